The van der Waals surface area contributed by atoms with Crippen molar-refractivity contribution < 1.29 is 4.79 Å². The van der Waals surface area contributed by atoms with Crippen LogP contribution in [-0.4, -0.2) is 47.0 Å². The predicted molar refractivity (Wildman–Crippen MR) is 103 cm³/mol. The lowest BCUT2D eigenvalue weighted by Crippen LogP contribution is -2.49. The van der Waals surface area contributed by atoms with E-state index in [9.17, 15) is 4.79 Å². The van der Waals surface area contributed by atoms with Crippen LogP contribution >= 0.6 is 15.9 Å². The highest BCUT2D eigenvalue weighted by Crippen LogP contribution is 2.23. The minimum absolute atomic E-state index is 0.0943. The molecule has 0 saturated carbocycles. The minimum Gasteiger partial charge on any atom is -0.337 e. The molecule has 0 unspecified atom stereocenters. The fourth-order valence-electron chi connectivity index (χ4n) is 2.87. The van der Waals surface area contributed by atoms with Crippen LogP contribution in [0.4, 0.5) is 5.95 Å². The smallest absolute Gasteiger partial charge is 0.253 e. The van der Waals surface area contributed by atoms with E-state index in [1.54, 1.807) is 12.4 Å². The Morgan fingerprint density at radius 2 is 1.56 bits per heavy atom. The molecule has 1 fully saturated rings. The zero-order chi connectivity index (χ0) is 18.0. The van der Waals surface area contributed by atoms with Crippen molar-refractivity contribution in [1.29, 1.82) is 0 Å². The van der Waals surface area contributed by atoms with Crippen molar-refractivity contribution in [2.75, 3.05) is 31.1 Å². The van der Waals surface area contributed by atoms with Crippen molar-refractivity contribution in [3.05, 3.63) is 52.3 Å². The second kappa shape index (κ2) is 7.12. The number of piperazine rings is 1. The highest BCUT2D eigenvalue weighted by Gasteiger charge is 2.24. The van der Waals surface area contributed by atoms with Crippen molar-refractivity contribution in [2.24, 2.45) is 0 Å². The van der Waals surface area contributed by atoms with E-state index in [2.05, 4.69) is 63.7 Å². The van der Waals surface area contributed by atoms with Gasteiger partial charge in [0.05, 0.1) is 4.47 Å². The minimum atomic E-state index is 0.0943. The van der Waals surface area contributed by atoms with Gasteiger partial charge in [0.2, 0.25) is 5.95 Å². The molecule has 0 bridgehead atoms. The molecule has 1 aliphatic heterocycles. The molecule has 132 valence electrons. The van der Waals surface area contributed by atoms with Gasteiger partial charge in [-0.05, 0) is 39.0 Å². The van der Waals surface area contributed by atoms with Crippen LogP contribution in [0.1, 0.15) is 36.7 Å². The fourth-order valence-corrected chi connectivity index (χ4v) is 3.08. The maximum atomic E-state index is 12.7. The molecular weight excluding hydrogens is 380 g/mol. The van der Waals surface area contributed by atoms with Crippen LogP contribution in [0.2, 0.25) is 0 Å². The molecule has 1 saturated heterocycles. The van der Waals surface area contributed by atoms with Gasteiger partial charge in [0, 0.05) is 44.1 Å². The first kappa shape index (κ1) is 17.9. The Morgan fingerprint density at radius 3 is 2.08 bits per heavy atom. The van der Waals surface area contributed by atoms with E-state index in [0.717, 1.165) is 23.1 Å². The molecule has 2 aromatic rings. The van der Waals surface area contributed by atoms with Crippen LogP contribution in [0.15, 0.2) is 41.1 Å². The number of benzene rings is 1. The highest BCUT2D eigenvalue weighted by atomic mass is 79.9. The number of nitrogens with zero attached hydrogens (tertiary/aromatic N) is 4. The van der Waals surface area contributed by atoms with Crippen LogP contribution in [0.3, 0.4) is 0 Å². The maximum absolute atomic E-state index is 12.7. The van der Waals surface area contributed by atoms with E-state index in [-0.39, 0.29) is 11.3 Å². The monoisotopic (exact) mass is 402 g/mol. The number of anilines is 1. The summed E-state index contributed by atoms with van der Waals surface area (Å²) in [7, 11) is 0. The third-order valence-corrected chi connectivity index (χ3v) is 4.86. The van der Waals surface area contributed by atoms with Gasteiger partial charge in [-0.1, -0.05) is 32.9 Å². The zero-order valence-corrected chi connectivity index (χ0v) is 16.5. The average molecular weight is 403 g/mol. The van der Waals surface area contributed by atoms with E-state index in [0.29, 0.717) is 19.0 Å². The van der Waals surface area contributed by atoms with E-state index in [1.807, 2.05) is 17.0 Å². The van der Waals surface area contributed by atoms with Crippen LogP contribution < -0.4 is 4.90 Å². The predicted octanol–water partition coefficient (Wildman–Crippen LogP) is 3.50. The summed E-state index contributed by atoms with van der Waals surface area (Å²) in [5, 5.41) is 0. The maximum Gasteiger partial charge on any atom is 0.253 e. The van der Waals surface area contributed by atoms with Gasteiger partial charge in [-0.15, -0.1) is 0 Å². The molecule has 1 aromatic heterocycles. The summed E-state index contributed by atoms with van der Waals surface area (Å²) in [4.78, 5) is 25.4. The molecule has 1 amide bonds. The molecule has 2 heterocycles. The Bertz CT molecular complexity index is 730. The Hall–Kier alpha value is -1.95. The Morgan fingerprint density at radius 1 is 1.00 bits per heavy atom. The van der Waals surface area contributed by atoms with Gasteiger partial charge in [-0.3, -0.25) is 4.79 Å². The summed E-state index contributed by atoms with van der Waals surface area (Å²) < 4.78 is 0.865. The van der Waals surface area contributed by atoms with Crippen LogP contribution in [0.5, 0.6) is 0 Å². The number of hydrogen-bond acceptors (Lipinski definition) is 4. The molecule has 0 radical (unpaired) electrons. The SMILES string of the molecule is CC(C)(C)c1ccc(C(=O)N2CCN(c3ncc(Br)cn3)CC2)cc1. The van der Waals surface area contributed by atoms with Crippen molar-refractivity contribution in [2.45, 2.75) is 26.2 Å². The normalized spacial score (nSPS) is 15.4. The third-order valence-electron chi connectivity index (χ3n) is 4.45. The molecule has 5 nitrogen and oxygen atoms in total. The number of carbonyl (C=O) groups is 1. The summed E-state index contributed by atoms with van der Waals surface area (Å²) in [6.45, 7) is 9.37. The fraction of sp³-hybridized carbons (Fsp3) is 0.421. The van der Waals surface area contributed by atoms with Gasteiger partial charge in [-0.25, -0.2) is 9.97 Å². The Kier molecular flexibility index (Phi) is 5.08. The third kappa shape index (κ3) is 4.18. The van der Waals surface area contributed by atoms with Crippen molar-refractivity contribution in [3.63, 3.8) is 0 Å². The molecule has 25 heavy (non-hydrogen) atoms. The summed E-state index contributed by atoms with van der Waals surface area (Å²) in [6.07, 6.45) is 3.49. The molecule has 0 atom stereocenters. The van der Waals surface area contributed by atoms with Crippen LogP contribution in [0.25, 0.3) is 0 Å². The summed E-state index contributed by atoms with van der Waals surface area (Å²) in [5.41, 5.74) is 2.08. The molecule has 1 aromatic carbocycles. The van der Waals surface area contributed by atoms with Crippen molar-refractivity contribution in [1.82, 2.24) is 14.9 Å². The van der Waals surface area contributed by atoms with Gasteiger partial charge < -0.3 is 9.80 Å². The lowest BCUT2D eigenvalue weighted by atomic mass is 9.86. The van der Waals surface area contributed by atoms with Crippen molar-refractivity contribution >= 4 is 27.8 Å². The quantitative estimate of drug-likeness (QED) is 0.770. The molecule has 0 aliphatic carbocycles. The first-order valence-corrected chi connectivity index (χ1v) is 9.26. The molecule has 1 aliphatic rings. The lowest BCUT2D eigenvalue weighted by Gasteiger charge is -2.34. The number of carbonyl (C=O) groups excluding carboxylic acids is 1. The second-order valence-electron chi connectivity index (χ2n) is 7.31. The van der Waals surface area contributed by atoms with Gasteiger partial charge >= 0.3 is 0 Å². The number of hydrogen-bond donors (Lipinski definition) is 0. The molecule has 6 heteroatoms. The molecule has 3 rings (SSSR count). The van der Waals surface area contributed by atoms with E-state index in [1.165, 1.54) is 5.56 Å². The number of rotatable bonds is 2. The van der Waals surface area contributed by atoms with E-state index < -0.39 is 0 Å². The van der Waals surface area contributed by atoms with Crippen molar-refractivity contribution in [3.8, 4) is 0 Å². The number of amides is 1. The molecular formula is C19H23BrN4O. The Balaban J connectivity index is 1.62. The lowest BCUT2D eigenvalue weighted by molar-refractivity contribution is 0.0746. The van der Waals surface area contributed by atoms with E-state index in [4.69, 9.17) is 0 Å². The first-order valence-electron chi connectivity index (χ1n) is 8.47. The summed E-state index contributed by atoms with van der Waals surface area (Å²) in [6, 6.07) is 7.98. The molecule has 0 spiro atoms. The van der Waals surface area contributed by atoms with E-state index >= 15 is 0 Å². The standard InChI is InChI=1S/C19H23BrN4O/c1-19(2,3)15-6-4-14(5-7-15)17(25)23-8-10-24(11-9-23)18-21-12-16(20)13-22-18/h4-7,12-13H,8-11H2,1-3H3. The molecule has 0 N–H and O–H groups in total. The summed E-state index contributed by atoms with van der Waals surface area (Å²) in [5.74, 6) is 0.807. The van der Waals surface area contributed by atoms with Gasteiger partial charge in [-0.2, -0.15) is 0 Å². The average Bonchev–Trinajstić information content (AvgIpc) is 2.61. The second-order valence-corrected chi connectivity index (χ2v) is 8.22. The van der Waals surface area contributed by atoms with Crippen LogP contribution in [0, 0.1) is 0 Å². The number of aromatic nitrogens is 2. The van der Waals surface area contributed by atoms with Crippen LogP contribution in [-0.2, 0) is 5.41 Å². The zero-order valence-electron chi connectivity index (χ0n) is 14.9. The number of halogens is 1. The Labute approximate surface area is 157 Å². The highest BCUT2D eigenvalue weighted by molar-refractivity contribution is 9.10. The van der Waals surface area contributed by atoms with Gasteiger partial charge in [0.15, 0.2) is 0 Å². The largest absolute Gasteiger partial charge is 0.337 e. The topological polar surface area (TPSA) is 49.3 Å². The first-order chi connectivity index (χ1) is 11.8. The summed E-state index contributed by atoms with van der Waals surface area (Å²) >= 11 is 3.34. The van der Waals surface area contributed by atoms with Gasteiger partial charge in [0.25, 0.3) is 5.91 Å². The van der Waals surface area contributed by atoms with Gasteiger partial charge in [0.1, 0.15) is 0 Å².